The van der Waals surface area contributed by atoms with Gasteiger partial charge in [0.2, 0.25) is 0 Å². The van der Waals surface area contributed by atoms with Crippen molar-refractivity contribution in [3.05, 3.63) is 83.4 Å². The van der Waals surface area contributed by atoms with Crippen molar-refractivity contribution in [2.24, 2.45) is 46.3 Å². The van der Waals surface area contributed by atoms with Gasteiger partial charge in [0.15, 0.2) is 0 Å². The van der Waals surface area contributed by atoms with Crippen LogP contribution >= 0.6 is 0 Å². The highest BCUT2D eigenvalue weighted by atomic mass is 16.5. The summed E-state index contributed by atoms with van der Waals surface area (Å²) in [5, 5.41) is 0. The molecule has 3 fully saturated rings. The smallest absolute Gasteiger partial charge is 0.0797 e. The van der Waals surface area contributed by atoms with E-state index in [2.05, 4.69) is 101 Å². The minimum atomic E-state index is 0.209. The van der Waals surface area contributed by atoms with Gasteiger partial charge in [-0.15, -0.1) is 0 Å². The van der Waals surface area contributed by atoms with Crippen LogP contribution in [0.1, 0.15) is 110 Å². The summed E-state index contributed by atoms with van der Waals surface area (Å²) in [6.07, 6.45) is 16.4. The van der Waals surface area contributed by atoms with Crippen LogP contribution in [0, 0.1) is 46.3 Å². The summed E-state index contributed by atoms with van der Waals surface area (Å²) in [5.41, 5.74) is 4.94. The van der Waals surface area contributed by atoms with Crippen molar-refractivity contribution < 1.29 is 9.47 Å². The Morgan fingerprint density at radius 3 is 2.09 bits per heavy atom. The third-order valence-electron chi connectivity index (χ3n) is 12.9. The molecule has 43 heavy (non-hydrogen) atoms. The van der Waals surface area contributed by atoms with Gasteiger partial charge in [-0.2, -0.15) is 0 Å². The summed E-state index contributed by atoms with van der Waals surface area (Å²) in [6, 6.07) is 21.5. The monoisotopic (exact) mass is 582 g/mol. The highest BCUT2D eigenvalue weighted by molar-refractivity contribution is 5.28. The average Bonchev–Trinajstić information content (AvgIpc) is 3.37. The van der Waals surface area contributed by atoms with Crippen molar-refractivity contribution in [3.8, 4) is 0 Å². The quantitative estimate of drug-likeness (QED) is 0.245. The normalized spacial score (nSPS) is 36.0. The molecule has 0 saturated heterocycles. The number of hydrogen-bond acceptors (Lipinski definition) is 2. The van der Waals surface area contributed by atoms with Crippen LogP contribution in [0.25, 0.3) is 0 Å². The SMILES string of the molecule is CC(C)CCC[C@@H](C)[C@H]1CC[C@H]2[C@@H]3[C@H](OCc4ccccc4)C=C4C[C@@H](OCc5ccccc5)CC[C@]4(C)[C@H]3CC[C@]12C. The van der Waals surface area contributed by atoms with E-state index in [1.165, 1.54) is 68.9 Å². The first kappa shape index (κ1) is 31.1. The van der Waals surface area contributed by atoms with E-state index in [9.17, 15) is 0 Å². The Morgan fingerprint density at radius 1 is 0.744 bits per heavy atom. The zero-order valence-corrected chi connectivity index (χ0v) is 27.8. The van der Waals surface area contributed by atoms with E-state index in [0.717, 1.165) is 36.0 Å². The number of rotatable bonds is 11. The second-order valence-electron chi connectivity index (χ2n) is 15.9. The fourth-order valence-electron chi connectivity index (χ4n) is 10.5. The van der Waals surface area contributed by atoms with Crippen molar-refractivity contribution in [1.82, 2.24) is 0 Å². The van der Waals surface area contributed by atoms with Gasteiger partial charge in [-0.05, 0) is 102 Å². The van der Waals surface area contributed by atoms with Gasteiger partial charge in [0.1, 0.15) is 0 Å². The molecule has 9 atom stereocenters. The van der Waals surface area contributed by atoms with Crippen LogP contribution < -0.4 is 0 Å². The van der Waals surface area contributed by atoms with Crippen molar-refractivity contribution in [1.29, 1.82) is 0 Å². The topological polar surface area (TPSA) is 18.5 Å². The molecule has 0 bridgehead atoms. The zero-order chi connectivity index (χ0) is 30.0. The van der Waals surface area contributed by atoms with E-state index in [0.29, 0.717) is 30.7 Å². The van der Waals surface area contributed by atoms with E-state index in [1.54, 1.807) is 5.57 Å². The molecular weight excluding hydrogens is 524 g/mol. The maximum Gasteiger partial charge on any atom is 0.0797 e. The molecule has 0 heterocycles. The highest BCUT2D eigenvalue weighted by Gasteiger charge is 2.61. The molecular formula is C41H58O2. The predicted molar refractivity (Wildman–Crippen MR) is 178 cm³/mol. The van der Waals surface area contributed by atoms with Crippen molar-refractivity contribution in [2.75, 3.05) is 0 Å². The molecule has 0 N–H and O–H groups in total. The zero-order valence-electron chi connectivity index (χ0n) is 27.8. The molecule has 0 aliphatic heterocycles. The van der Waals surface area contributed by atoms with Crippen LogP contribution in [-0.4, -0.2) is 12.2 Å². The van der Waals surface area contributed by atoms with Crippen molar-refractivity contribution in [2.45, 2.75) is 124 Å². The van der Waals surface area contributed by atoms with Crippen LogP contribution in [0.2, 0.25) is 0 Å². The summed E-state index contributed by atoms with van der Waals surface area (Å²) in [7, 11) is 0. The summed E-state index contributed by atoms with van der Waals surface area (Å²) in [4.78, 5) is 0. The number of hydrogen-bond donors (Lipinski definition) is 0. The second-order valence-corrected chi connectivity index (χ2v) is 15.9. The Kier molecular flexibility index (Phi) is 9.56. The number of fused-ring (bicyclic) bond motifs is 5. The second kappa shape index (κ2) is 13.2. The Bertz CT molecular complexity index is 1200. The van der Waals surface area contributed by atoms with Crippen LogP contribution in [0.3, 0.4) is 0 Å². The van der Waals surface area contributed by atoms with E-state index in [-0.39, 0.29) is 11.5 Å². The van der Waals surface area contributed by atoms with Crippen LogP contribution in [0.15, 0.2) is 72.3 Å². The van der Waals surface area contributed by atoms with Crippen molar-refractivity contribution in [3.63, 3.8) is 0 Å². The van der Waals surface area contributed by atoms with Crippen LogP contribution in [0.4, 0.5) is 0 Å². The predicted octanol–water partition coefficient (Wildman–Crippen LogP) is 10.8. The fourth-order valence-corrected chi connectivity index (χ4v) is 10.5. The lowest BCUT2D eigenvalue weighted by Crippen LogP contribution is -2.55. The summed E-state index contributed by atoms with van der Waals surface area (Å²) in [6.45, 7) is 14.1. The van der Waals surface area contributed by atoms with Gasteiger partial charge in [-0.25, -0.2) is 0 Å². The van der Waals surface area contributed by atoms with E-state index in [1.807, 2.05) is 0 Å². The third kappa shape index (κ3) is 6.44. The first-order chi connectivity index (χ1) is 20.8. The molecule has 0 spiro atoms. The Hall–Kier alpha value is -1.90. The Balaban J connectivity index is 1.24. The lowest BCUT2D eigenvalue weighted by Gasteiger charge is -2.60. The van der Waals surface area contributed by atoms with Crippen molar-refractivity contribution >= 4 is 0 Å². The molecule has 2 nitrogen and oxygen atoms in total. The third-order valence-corrected chi connectivity index (χ3v) is 12.9. The molecule has 0 amide bonds. The van der Waals surface area contributed by atoms with E-state index in [4.69, 9.17) is 9.47 Å². The molecule has 2 heteroatoms. The van der Waals surface area contributed by atoms with Gasteiger partial charge >= 0.3 is 0 Å². The molecule has 6 rings (SSSR count). The minimum absolute atomic E-state index is 0.209. The maximum atomic E-state index is 7.02. The fraction of sp³-hybridized carbons (Fsp3) is 0.659. The van der Waals surface area contributed by atoms with Gasteiger partial charge in [-0.3, -0.25) is 0 Å². The lowest BCUT2D eigenvalue weighted by molar-refractivity contribution is -0.121. The first-order valence-corrected chi connectivity index (χ1v) is 17.8. The largest absolute Gasteiger partial charge is 0.373 e. The number of ether oxygens (including phenoxy) is 2. The lowest BCUT2D eigenvalue weighted by atomic mass is 9.46. The van der Waals surface area contributed by atoms with E-state index >= 15 is 0 Å². The van der Waals surface area contributed by atoms with Crippen LogP contribution in [0.5, 0.6) is 0 Å². The Labute approximate surface area is 263 Å². The van der Waals surface area contributed by atoms with Gasteiger partial charge < -0.3 is 9.47 Å². The molecule has 2 aromatic rings. The molecule has 234 valence electrons. The minimum Gasteiger partial charge on any atom is -0.373 e. The summed E-state index contributed by atoms with van der Waals surface area (Å²) >= 11 is 0. The molecule has 3 saturated carbocycles. The molecule has 4 aliphatic rings. The highest BCUT2D eigenvalue weighted by Crippen LogP contribution is 2.67. The molecule has 0 radical (unpaired) electrons. The molecule has 2 aromatic carbocycles. The average molecular weight is 583 g/mol. The summed E-state index contributed by atoms with van der Waals surface area (Å²) in [5.74, 6) is 4.63. The van der Waals surface area contributed by atoms with Gasteiger partial charge in [-0.1, -0.05) is 126 Å². The maximum absolute atomic E-state index is 7.02. The standard InChI is InChI=1S/C41H58O2/c1-29(2)13-12-14-30(3)35-19-20-36-39-37(22-24-41(35,36)5)40(4)23-21-34(42-27-31-15-8-6-9-16-31)25-33(40)26-38(39)43-28-32-17-10-7-11-18-32/h6-11,15-18,26,29-30,34-39H,12-14,19-25,27-28H2,1-5H3/t30-,34+,35-,36+,37+,38-,39+,40+,41-/m1/s1. The number of benzene rings is 2. The van der Waals surface area contributed by atoms with Gasteiger partial charge in [0, 0.05) is 0 Å². The van der Waals surface area contributed by atoms with Crippen LogP contribution in [-0.2, 0) is 22.7 Å². The first-order valence-electron chi connectivity index (χ1n) is 17.8. The molecule has 0 unspecified atom stereocenters. The molecule has 4 aliphatic carbocycles. The van der Waals surface area contributed by atoms with Gasteiger partial charge in [0.25, 0.3) is 0 Å². The van der Waals surface area contributed by atoms with E-state index < -0.39 is 0 Å². The Morgan fingerprint density at radius 2 is 1.42 bits per heavy atom. The summed E-state index contributed by atoms with van der Waals surface area (Å²) < 4.78 is 13.6. The molecule has 0 aromatic heterocycles. The van der Waals surface area contributed by atoms with Gasteiger partial charge in [0.05, 0.1) is 25.4 Å².